The zero-order chi connectivity index (χ0) is 11.8. The van der Waals surface area contributed by atoms with Crippen molar-refractivity contribution in [2.45, 2.75) is 31.3 Å². The number of halogens is 1. The summed E-state index contributed by atoms with van der Waals surface area (Å²) < 4.78 is 0. The summed E-state index contributed by atoms with van der Waals surface area (Å²) in [5, 5.41) is 1.08. The third-order valence-electron chi connectivity index (χ3n) is 3.66. The molecule has 3 rings (SSSR count). The number of nitrogens with zero attached hydrogens (tertiary/aromatic N) is 3. The van der Waals surface area contributed by atoms with E-state index in [0.29, 0.717) is 12.1 Å². The van der Waals surface area contributed by atoms with Crippen LogP contribution < -0.4 is 10.6 Å². The topological polar surface area (TPSA) is 70.8 Å². The van der Waals surface area contributed by atoms with Gasteiger partial charge in [0, 0.05) is 25.3 Å². The van der Waals surface area contributed by atoms with Gasteiger partial charge in [0.15, 0.2) is 0 Å². The van der Waals surface area contributed by atoms with E-state index in [1.54, 1.807) is 6.33 Å². The molecule has 2 heterocycles. The molecule has 0 radical (unpaired) electrons. The molecule has 0 saturated heterocycles. The minimum atomic E-state index is 0. The Hall–Kier alpha value is -1.33. The quantitative estimate of drug-likeness (QED) is 0.869. The van der Waals surface area contributed by atoms with Crippen molar-refractivity contribution in [1.82, 2.24) is 15.0 Å². The molecule has 0 aliphatic heterocycles. The molecule has 0 bridgehead atoms. The second-order valence-corrected chi connectivity index (χ2v) is 4.78. The van der Waals surface area contributed by atoms with E-state index in [1.807, 2.05) is 12.3 Å². The van der Waals surface area contributed by atoms with Crippen LogP contribution >= 0.6 is 12.4 Å². The van der Waals surface area contributed by atoms with E-state index < -0.39 is 0 Å². The molecule has 5 nitrogen and oxygen atoms in total. The molecule has 1 fully saturated rings. The second kappa shape index (κ2) is 5.12. The van der Waals surface area contributed by atoms with Crippen LogP contribution in [0.3, 0.4) is 0 Å². The van der Waals surface area contributed by atoms with E-state index in [4.69, 9.17) is 5.73 Å². The first-order chi connectivity index (χ1) is 8.25. The van der Waals surface area contributed by atoms with Gasteiger partial charge in [-0.3, -0.25) is 0 Å². The first-order valence-corrected chi connectivity index (χ1v) is 6.02. The Labute approximate surface area is 112 Å². The Bertz CT molecular complexity index is 526. The van der Waals surface area contributed by atoms with Crippen LogP contribution in [-0.4, -0.2) is 34.1 Å². The molecule has 2 aromatic rings. The van der Waals surface area contributed by atoms with Crippen molar-refractivity contribution in [1.29, 1.82) is 0 Å². The predicted molar refractivity (Wildman–Crippen MR) is 75.2 cm³/mol. The fourth-order valence-electron chi connectivity index (χ4n) is 2.66. The van der Waals surface area contributed by atoms with Gasteiger partial charge in [-0.2, -0.15) is 0 Å². The van der Waals surface area contributed by atoms with Crippen LogP contribution in [0.1, 0.15) is 19.3 Å². The summed E-state index contributed by atoms with van der Waals surface area (Å²) in [6.45, 7) is 0. The Morgan fingerprint density at radius 3 is 2.94 bits per heavy atom. The number of aromatic amines is 1. The van der Waals surface area contributed by atoms with Gasteiger partial charge < -0.3 is 15.6 Å². The lowest BCUT2D eigenvalue weighted by atomic mass is 10.2. The molecule has 0 aromatic carbocycles. The van der Waals surface area contributed by atoms with Gasteiger partial charge in [0.1, 0.15) is 17.8 Å². The lowest BCUT2D eigenvalue weighted by Crippen LogP contribution is -2.31. The molecular weight excluding hydrogens is 250 g/mol. The average Bonchev–Trinajstić information content (AvgIpc) is 2.95. The van der Waals surface area contributed by atoms with Crippen molar-refractivity contribution in [3.8, 4) is 0 Å². The first kappa shape index (κ1) is 13.1. The summed E-state index contributed by atoms with van der Waals surface area (Å²) in [4.78, 5) is 14.0. The maximum atomic E-state index is 5.97. The summed E-state index contributed by atoms with van der Waals surface area (Å²) >= 11 is 0. The zero-order valence-electron chi connectivity index (χ0n) is 10.3. The molecule has 0 unspecified atom stereocenters. The van der Waals surface area contributed by atoms with Gasteiger partial charge >= 0.3 is 0 Å². The maximum absolute atomic E-state index is 5.97. The molecular formula is C12H18ClN5. The van der Waals surface area contributed by atoms with Crippen molar-refractivity contribution in [3.63, 3.8) is 0 Å². The molecule has 0 spiro atoms. The molecule has 3 N–H and O–H groups in total. The minimum absolute atomic E-state index is 0. The number of nitrogens with one attached hydrogen (secondary N) is 1. The highest BCUT2D eigenvalue weighted by molar-refractivity contribution is 5.87. The fraction of sp³-hybridized carbons (Fsp3) is 0.500. The van der Waals surface area contributed by atoms with E-state index >= 15 is 0 Å². The lowest BCUT2D eigenvalue weighted by molar-refractivity contribution is 0.628. The number of aromatic nitrogens is 3. The van der Waals surface area contributed by atoms with Crippen molar-refractivity contribution >= 4 is 29.3 Å². The summed E-state index contributed by atoms with van der Waals surface area (Å²) in [6, 6.07) is 2.86. The molecule has 98 valence electrons. The Balaban J connectivity index is 0.00000120. The van der Waals surface area contributed by atoms with Gasteiger partial charge in [-0.05, 0) is 25.3 Å². The van der Waals surface area contributed by atoms with E-state index in [0.717, 1.165) is 36.1 Å². The van der Waals surface area contributed by atoms with Crippen LogP contribution in [0.15, 0.2) is 18.6 Å². The van der Waals surface area contributed by atoms with Crippen LogP contribution in [0.4, 0.5) is 5.82 Å². The highest BCUT2D eigenvalue weighted by Gasteiger charge is 2.26. The Kier molecular flexibility index (Phi) is 3.73. The molecule has 1 saturated carbocycles. The van der Waals surface area contributed by atoms with Crippen molar-refractivity contribution in [3.05, 3.63) is 18.6 Å². The van der Waals surface area contributed by atoms with Gasteiger partial charge in [-0.15, -0.1) is 12.4 Å². The Morgan fingerprint density at radius 1 is 1.39 bits per heavy atom. The van der Waals surface area contributed by atoms with E-state index in [2.05, 4.69) is 26.9 Å². The minimum Gasteiger partial charge on any atom is -0.356 e. The summed E-state index contributed by atoms with van der Waals surface area (Å²) in [7, 11) is 2.09. The van der Waals surface area contributed by atoms with Crippen molar-refractivity contribution in [2.75, 3.05) is 11.9 Å². The van der Waals surface area contributed by atoms with Gasteiger partial charge in [0.2, 0.25) is 0 Å². The van der Waals surface area contributed by atoms with Crippen LogP contribution in [0.2, 0.25) is 0 Å². The maximum Gasteiger partial charge on any atom is 0.142 e. The number of H-pyrrole nitrogens is 1. The average molecular weight is 268 g/mol. The summed E-state index contributed by atoms with van der Waals surface area (Å²) in [5.74, 6) is 0.996. The normalized spacial score (nSPS) is 23.0. The number of hydrogen-bond donors (Lipinski definition) is 2. The Morgan fingerprint density at radius 2 is 2.22 bits per heavy atom. The lowest BCUT2D eigenvalue weighted by Gasteiger charge is -2.25. The van der Waals surface area contributed by atoms with E-state index in [9.17, 15) is 0 Å². The number of fused-ring (bicyclic) bond motifs is 1. The van der Waals surface area contributed by atoms with Crippen molar-refractivity contribution in [2.24, 2.45) is 5.73 Å². The summed E-state index contributed by atoms with van der Waals surface area (Å²) in [6.07, 6.45) is 6.81. The molecule has 1 aliphatic carbocycles. The number of anilines is 1. The van der Waals surface area contributed by atoms with Crippen molar-refractivity contribution < 1.29 is 0 Å². The molecule has 2 atom stereocenters. The third kappa shape index (κ3) is 2.15. The van der Waals surface area contributed by atoms with Crippen LogP contribution in [0, 0.1) is 0 Å². The smallest absolute Gasteiger partial charge is 0.142 e. The first-order valence-electron chi connectivity index (χ1n) is 6.02. The van der Waals surface area contributed by atoms with Gasteiger partial charge in [-0.1, -0.05) is 0 Å². The van der Waals surface area contributed by atoms with Crippen LogP contribution in [-0.2, 0) is 0 Å². The van der Waals surface area contributed by atoms with E-state index in [-0.39, 0.29) is 12.4 Å². The largest absolute Gasteiger partial charge is 0.356 e. The van der Waals surface area contributed by atoms with Gasteiger partial charge in [-0.25, -0.2) is 9.97 Å². The van der Waals surface area contributed by atoms with Crippen LogP contribution in [0.25, 0.3) is 11.0 Å². The van der Waals surface area contributed by atoms with Gasteiger partial charge in [0.25, 0.3) is 0 Å². The standard InChI is InChI=1S/C12H17N5.ClH/c1-17(9-3-2-8(13)6-9)12-10-4-5-14-11(10)15-7-16-12;/h4-5,7-9H,2-3,6,13H2,1H3,(H,14,15,16);1H/t8-,9+;/m0./s1. The highest BCUT2D eigenvalue weighted by atomic mass is 35.5. The highest BCUT2D eigenvalue weighted by Crippen LogP contribution is 2.28. The van der Waals surface area contributed by atoms with Crippen LogP contribution in [0.5, 0.6) is 0 Å². The predicted octanol–water partition coefficient (Wildman–Crippen LogP) is 1.70. The van der Waals surface area contributed by atoms with Gasteiger partial charge in [0.05, 0.1) is 5.39 Å². The number of nitrogens with two attached hydrogens (primary N) is 1. The molecule has 2 aromatic heterocycles. The van der Waals surface area contributed by atoms with E-state index in [1.165, 1.54) is 0 Å². The third-order valence-corrected chi connectivity index (χ3v) is 3.66. The monoisotopic (exact) mass is 267 g/mol. The molecule has 1 aliphatic rings. The molecule has 6 heteroatoms. The molecule has 0 amide bonds. The fourth-order valence-corrected chi connectivity index (χ4v) is 2.66. The molecule has 18 heavy (non-hydrogen) atoms. The number of hydrogen-bond acceptors (Lipinski definition) is 4. The second-order valence-electron chi connectivity index (χ2n) is 4.78. The zero-order valence-corrected chi connectivity index (χ0v) is 11.2. The number of rotatable bonds is 2. The SMILES string of the molecule is CN(c1ncnc2[nH]ccc12)[C@@H]1CC[C@H](N)C1.Cl. The summed E-state index contributed by atoms with van der Waals surface area (Å²) in [5.41, 5.74) is 6.86.